The van der Waals surface area contributed by atoms with Crippen LogP contribution in [-0.4, -0.2) is 50.6 Å². The summed E-state index contributed by atoms with van der Waals surface area (Å²) in [5, 5.41) is 6.32. The van der Waals surface area contributed by atoms with Crippen molar-refractivity contribution in [2.75, 3.05) is 39.8 Å². The number of piperazine rings is 1. The molecule has 5 nitrogen and oxygen atoms in total. The van der Waals surface area contributed by atoms with Gasteiger partial charge in [0.15, 0.2) is 0 Å². The van der Waals surface area contributed by atoms with Crippen LogP contribution in [0.5, 0.6) is 5.75 Å². The minimum Gasteiger partial charge on any atom is -0.496 e. The van der Waals surface area contributed by atoms with Crippen molar-refractivity contribution in [1.82, 2.24) is 15.5 Å². The standard InChI is InChI=1S/C15H23N3O2.2ClH/c1-12(13-5-3-4-6-14(13)20-2)17-15(19)11-18-9-7-16-8-10-18;;/h3-6,12,16H,7-11H2,1-2H3,(H,17,19);2*1H. The first-order valence-corrected chi connectivity index (χ1v) is 7.06. The maximum atomic E-state index is 12.1. The summed E-state index contributed by atoms with van der Waals surface area (Å²) < 4.78 is 5.33. The Kier molecular flexibility index (Phi) is 10.2. The molecule has 22 heavy (non-hydrogen) atoms. The number of benzene rings is 1. The van der Waals surface area contributed by atoms with Gasteiger partial charge < -0.3 is 15.4 Å². The summed E-state index contributed by atoms with van der Waals surface area (Å²) in [5.41, 5.74) is 1.00. The Balaban J connectivity index is 0.00000220. The molecule has 1 amide bonds. The van der Waals surface area contributed by atoms with Gasteiger partial charge in [-0.2, -0.15) is 0 Å². The highest BCUT2D eigenvalue weighted by molar-refractivity contribution is 5.85. The third-order valence-corrected chi connectivity index (χ3v) is 3.56. The summed E-state index contributed by atoms with van der Waals surface area (Å²) in [5.74, 6) is 0.868. The number of nitrogens with one attached hydrogen (secondary N) is 2. The van der Waals surface area contributed by atoms with Crippen molar-refractivity contribution in [1.29, 1.82) is 0 Å². The lowest BCUT2D eigenvalue weighted by atomic mass is 10.1. The quantitative estimate of drug-likeness (QED) is 0.848. The normalized spacial score (nSPS) is 15.9. The summed E-state index contributed by atoms with van der Waals surface area (Å²) in [6.07, 6.45) is 0. The van der Waals surface area contributed by atoms with E-state index in [0.29, 0.717) is 6.54 Å². The van der Waals surface area contributed by atoms with Crippen LogP contribution in [0.2, 0.25) is 0 Å². The number of carbonyl (C=O) groups is 1. The Hall–Kier alpha value is -1.01. The monoisotopic (exact) mass is 349 g/mol. The number of carbonyl (C=O) groups excluding carboxylic acids is 1. The molecule has 0 bridgehead atoms. The van der Waals surface area contributed by atoms with Crippen molar-refractivity contribution < 1.29 is 9.53 Å². The van der Waals surface area contributed by atoms with Gasteiger partial charge in [0.05, 0.1) is 19.7 Å². The number of halogens is 2. The summed E-state index contributed by atoms with van der Waals surface area (Å²) >= 11 is 0. The highest BCUT2D eigenvalue weighted by Crippen LogP contribution is 2.24. The molecule has 126 valence electrons. The van der Waals surface area contributed by atoms with Gasteiger partial charge in [-0.15, -0.1) is 24.8 Å². The zero-order chi connectivity index (χ0) is 14.4. The van der Waals surface area contributed by atoms with E-state index in [9.17, 15) is 4.79 Å². The number of ether oxygens (including phenoxy) is 1. The predicted octanol–water partition coefficient (Wildman–Crippen LogP) is 1.62. The molecule has 1 aliphatic heterocycles. The molecule has 1 saturated heterocycles. The Bertz CT molecular complexity index is 454. The third-order valence-electron chi connectivity index (χ3n) is 3.56. The number of rotatable bonds is 5. The van der Waals surface area contributed by atoms with Crippen molar-refractivity contribution in [3.63, 3.8) is 0 Å². The van der Waals surface area contributed by atoms with Crippen LogP contribution < -0.4 is 15.4 Å². The highest BCUT2D eigenvalue weighted by Gasteiger charge is 2.17. The maximum Gasteiger partial charge on any atom is 0.234 e. The average Bonchev–Trinajstić information content (AvgIpc) is 2.48. The molecule has 0 aromatic heterocycles. The summed E-state index contributed by atoms with van der Waals surface area (Å²) in [6.45, 7) is 6.20. The molecule has 7 heteroatoms. The van der Waals surface area contributed by atoms with E-state index in [4.69, 9.17) is 4.74 Å². The molecule has 0 aliphatic carbocycles. The molecule has 1 unspecified atom stereocenters. The second kappa shape index (κ2) is 10.7. The summed E-state index contributed by atoms with van der Waals surface area (Å²) in [6, 6.07) is 7.72. The molecule has 0 radical (unpaired) electrons. The molecular formula is C15H25Cl2N3O2. The van der Waals surface area contributed by atoms with E-state index in [2.05, 4.69) is 15.5 Å². The van der Waals surface area contributed by atoms with Crippen LogP contribution in [0.3, 0.4) is 0 Å². The molecule has 0 spiro atoms. The van der Waals surface area contributed by atoms with Crippen molar-refractivity contribution >= 4 is 30.7 Å². The molecule has 0 saturated carbocycles. The van der Waals surface area contributed by atoms with Crippen LogP contribution >= 0.6 is 24.8 Å². The van der Waals surface area contributed by atoms with Crippen molar-refractivity contribution in [2.45, 2.75) is 13.0 Å². The Morgan fingerprint density at radius 3 is 2.59 bits per heavy atom. The number of hydrogen-bond acceptors (Lipinski definition) is 4. The predicted molar refractivity (Wildman–Crippen MR) is 93.4 cm³/mol. The first-order chi connectivity index (χ1) is 9.70. The van der Waals surface area contributed by atoms with E-state index in [1.54, 1.807) is 7.11 Å². The summed E-state index contributed by atoms with van der Waals surface area (Å²) in [4.78, 5) is 14.2. The molecule has 1 heterocycles. The van der Waals surface area contributed by atoms with Crippen LogP contribution in [0.1, 0.15) is 18.5 Å². The fourth-order valence-electron chi connectivity index (χ4n) is 2.46. The number of methoxy groups -OCH3 is 1. The van der Waals surface area contributed by atoms with Gasteiger partial charge in [0.25, 0.3) is 0 Å². The van der Waals surface area contributed by atoms with E-state index in [1.807, 2.05) is 31.2 Å². The number of hydrogen-bond donors (Lipinski definition) is 2. The van der Waals surface area contributed by atoms with Crippen LogP contribution in [0.15, 0.2) is 24.3 Å². The smallest absolute Gasteiger partial charge is 0.234 e. The van der Waals surface area contributed by atoms with E-state index in [1.165, 1.54) is 0 Å². The van der Waals surface area contributed by atoms with Crippen LogP contribution in [0, 0.1) is 0 Å². The summed E-state index contributed by atoms with van der Waals surface area (Å²) in [7, 11) is 1.65. The molecule has 1 atom stereocenters. The highest BCUT2D eigenvalue weighted by atomic mass is 35.5. The molecule has 1 aliphatic rings. The van der Waals surface area contributed by atoms with Crippen LogP contribution in [0.25, 0.3) is 0 Å². The van der Waals surface area contributed by atoms with Crippen molar-refractivity contribution in [3.8, 4) is 5.75 Å². The van der Waals surface area contributed by atoms with Gasteiger partial charge in [0.1, 0.15) is 5.75 Å². The SMILES string of the molecule is COc1ccccc1C(C)NC(=O)CN1CCNCC1.Cl.Cl. The van der Waals surface area contributed by atoms with Gasteiger partial charge in [-0.05, 0) is 13.0 Å². The number of nitrogens with zero attached hydrogens (tertiary/aromatic N) is 1. The Labute approximate surface area is 144 Å². The lowest BCUT2D eigenvalue weighted by Gasteiger charge is -2.27. The largest absolute Gasteiger partial charge is 0.496 e. The van der Waals surface area contributed by atoms with E-state index in [-0.39, 0.29) is 36.8 Å². The van der Waals surface area contributed by atoms with E-state index >= 15 is 0 Å². The molecule has 2 rings (SSSR count). The van der Waals surface area contributed by atoms with Crippen molar-refractivity contribution in [3.05, 3.63) is 29.8 Å². The van der Waals surface area contributed by atoms with Crippen molar-refractivity contribution in [2.24, 2.45) is 0 Å². The molecule has 1 fully saturated rings. The molecule has 1 aromatic carbocycles. The Morgan fingerprint density at radius 2 is 1.95 bits per heavy atom. The first kappa shape index (κ1) is 21.0. The second-order valence-electron chi connectivity index (χ2n) is 5.06. The maximum absolute atomic E-state index is 12.1. The van der Waals surface area contributed by atoms with Gasteiger partial charge in [-0.3, -0.25) is 9.69 Å². The number of para-hydroxylation sites is 1. The third kappa shape index (κ3) is 6.01. The lowest BCUT2D eigenvalue weighted by Crippen LogP contribution is -2.47. The lowest BCUT2D eigenvalue weighted by molar-refractivity contribution is -0.123. The molecular weight excluding hydrogens is 325 g/mol. The molecule has 1 aromatic rings. The van der Waals surface area contributed by atoms with Gasteiger partial charge in [0, 0.05) is 31.7 Å². The van der Waals surface area contributed by atoms with Gasteiger partial charge >= 0.3 is 0 Å². The average molecular weight is 350 g/mol. The van der Waals surface area contributed by atoms with Gasteiger partial charge in [0.2, 0.25) is 5.91 Å². The Morgan fingerprint density at radius 1 is 1.32 bits per heavy atom. The van der Waals surface area contributed by atoms with Gasteiger partial charge in [-0.25, -0.2) is 0 Å². The molecule has 2 N–H and O–H groups in total. The zero-order valence-corrected chi connectivity index (χ0v) is 14.6. The number of amides is 1. The van der Waals surface area contributed by atoms with Crippen LogP contribution in [0.4, 0.5) is 0 Å². The minimum absolute atomic E-state index is 0. The van der Waals surface area contributed by atoms with E-state index < -0.39 is 0 Å². The second-order valence-corrected chi connectivity index (χ2v) is 5.06. The topological polar surface area (TPSA) is 53.6 Å². The van der Waals surface area contributed by atoms with Crippen LogP contribution in [-0.2, 0) is 4.79 Å². The van der Waals surface area contributed by atoms with E-state index in [0.717, 1.165) is 37.5 Å². The van der Waals surface area contributed by atoms with Gasteiger partial charge in [-0.1, -0.05) is 18.2 Å². The minimum atomic E-state index is -0.0541. The zero-order valence-electron chi connectivity index (χ0n) is 13.0. The fraction of sp³-hybridized carbons (Fsp3) is 0.533. The first-order valence-electron chi connectivity index (χ1n) is 7.06. The fourth-order valence-corrected chi connectivity index (χ4v) is 2.46.